The molecular formula is C46H53ClF2N10O4. The highest BCUT2D eigenvalue weighted by Gasteiger charge is 2.51. The van der Waals surface area contributed by atoms with Crippen molar-refractivity contribution in [1.82, 2.24) is 34.5 Å². The summed E-state index contributed by atoms with van der Waals surface area (Å²) in [4.78, 5) is 52.1. The van der Waals surface area contributed by atoms with E-state index in [-0.39, 0.29) is 34.6 Å². The highest BCUT2D eigenvalue weighted by molar-refractivity contribution is 6.33. The van der Waals surface area contributed by atoms with Gasteiger partial charge in [0.15, 0.2) is 12.4 Å². The third-order valence-electron chi connectivity index (χ3n) is 14.3. The van der Waals surface area contributed by atoms with Crippen molar-refractivity contribution >= 4 is 68.4 Å². The van der Waals surface area contributed by atoms with E-state index in [2.05, 4.69) is 62.8 Å². The number of anilines is 4. The smallest absolute Gasteiger partial charge is 0.301 e. The molecule has 1 unspecified atom stereocenters. The van der Waals surface area contributed by atoms with Crippen LogP contribution in [0, 0.1) is 17.3 Å². The zero-order chi connectivity index (χ0) is 43.9. The van der Waals surface area contributed by atoms with Crippen molar-refractivity contribution in [3.63, 3.8) is 0 Å². The van der Waals surface area contributed by atoms with Crippen LogP contribution >= 0.6 is 11.6 Å². The molecule has 2 aromatic carbocycles. The number of aromatic nitrogens is 5. The summed E-state index contributed by atoms with van der Waals surface area (Å²) < 4.78 is 39.2. The van der Waals surface area contributed by atoms with E-state index in [0.29, 0.717) is 70.9 Å². The van der Waals surface area contributed by atoms with E-state index < -0.39 is 30.0 Å². The van der Waals surface area contributed by atoms with Crippen molar-refractivity contribution in [3.8, 4) is 5.75 Å². The highest BCUT2D eigenvalue weighted by atomic mass is 35.5. The summed E-state index contributed by atoms with van der Waals surface area (Å²) in [6.07, 6.45) is 6.93. The quantitative estimate of drug-likeness (QED) is 0.137. The number of nitrogens with one attached hydrogen (secondary N) is 3. The summed E-state index contributed by atoms with van der Waals surface area (Å²) >= 11 is 6.69. The van der Waals surface area contributed by atoms with Gasteiger partial charge in [-0.3, -0.25) is 24.4 Å². The van der Waals surface area contributed by atoms with Gasteiger partial charge >= 0.3 is 5.92 Å². The molecule has 10 rings (SSSR count). The molecule has 3 atom stereocenters. The molecule has 5 aromatic rings. The second-order valence-electron chi connectivity index (χ2n) is 19.1. The summed E-state index contributed by atoms with van der Waals surface area (Å²) in [5.41, 5.74) is 4.04. The lowest BCUT2D eigenvalue weighted by atomic mass is 9.73. The molecule has 3 saturated heterocycles. The second-order valence-corrected chi connectivity index (χ2v) is 19.5. The number of aryl methyl sites for hydroxylation is 2. The Bertz CT molecular complexity index is 2710. The maximum atomic E-state index is 15.2. The van der Waals surface area contributed by atoms with Crippen molar-refractivity contribution in [2.24, 2.45) is 31.3 Å². The van der Waals surface area contributed by atoms with Crippen molar-refractivity contribution in [3.05, 3.63) is 69.2 Å². The van der Waals surface area contributed by atoms with E-state index in [1.54, 1.807) is 19.3 Å². The number of piperidine rings is 3. The molecule has 1 aliphatic carbocycles. The normalized spacial score (nSPS) is 24.1. The first-order valence-electron chi connectivity index (χ1n) is 22.1. The van der Waals surface area contributed by atoms with Crippen LogP contribution in [-0.2, 0) is 23.7 Å². The molecule has 17 heteroatoms. The third-order valence-corrected chi connectivity index (χ3v) is 14.6. The number of carbonyl (C=O) groups excluding carboxylic acids is 2. The van der Waals surface area contributed by atoms with Crippen LogP contribution in [-0.4, -0.2) is 92.3 Å². The maximum absolute atomic E-state index is 15.2. The van der Waals surface area contributed by atoms with Gasteiger partial charge in [0.25, 0.3) is 5.56 Å². The molecule has 5 aliphatic rings. The first-order valence-corrected chi connectivity index (χ1v) is 22.5. The number of ether oxygens (including phenoxy) is 1. The topological polar surface area (TPSA) is 152 Å². The van der Waals surface area contributed by atoms with Crippen LogP contribution in [0.3, 0.4) is 0 Å². The van der Waals surface area contributed by atoms with Gasteiger partial charge in [0.1, 0.15) is 5.02 Å². The lowest BCUT2D eigenvalue weighted by molar-refractivity contribution is -0.134. The molecule has 1 saturated carbocycles. The number of benzene rings is 2. The number of hydrogen-bond donors (Lipinski definition) is 3. The highest BCUT2D eigenvalue weighted by Crippen LogP contribution is 2.46. The third kappa shape index (κ3) is 7.76. The number of amides is 2. The van der Waals surface area contributed by atoms with Gasteiger partial charge in [0.05, 0.1) is 40.6 Å². The van der Waals surface area contributed by atoms with Crippen molar-refractivity contribution < 1.29 is 23.1 Å². The van der Waals surface area contributed by atoms with Gasteiger partial charge in [-0.1, -0.05) is 37.6 Å². The molecule has 7 heterocycles. The van der Waals surface area contributed by atoms with Gasteiger partial charge in [0.2, 0.25) is 23.5 Å². The molecule has 4 aliphatic heterocycles. The second kappa shape index (κ2) is 15.7. The predicted molar refractivity (Wildman–Crippen MR) is 238 cm³/mol. The Hall–Kier alpha value is -5.35. The van der Waals surface area contributed by atoms with E-state index in [1.807, 2.05) is 23.9 Å². The fourth-order valence-electron chi connectivity index (χ4n) is 10.5. The fraction of sp³-hybridized carbons (Fsp3) is 0.522. The maximum Gasteiger partial charge on any atom is 0.301 e. The van der Waals surface area contributed by atoms with Crippen molar-refractivity contribution in [1.29, 1.82) is 0 Å². The fourth-order valence-corrected chi connectivity index (χ4v) is 10.6. The monoisotopic (exact) mass is 882 g/mol. The van der Waals surface area contributed by atoms with Crippen LogP contribution in [0.2, 0.25) is 5.02 Å². The Morgan fingerprint density at radius 3 is 2.49 bits per heavy atom. The van der Waals surface area contributed by atoms with Crippen LogP contribution in [0.1, 0.15) is 81.9 Å². The van der Waals surface area contributed by atoms with Crippen LogP contribution in [0.4, 0.5) is 31.9 Å². The van der Waals surface area contributed by atoms with Crippen LogP contribution in [0.25, 0.3) is 21.8 Å². The van der Waals surface area contributed by atoms with Gasteiger partial charge < -0.3 is 29.7 Å². The average molecular weight is 883 g/mol. The lowest BCUT2D eigenvalue weighted by Gasteiger charge is -2.46. The van der Waals surface area contributed by atoms with Gasteiger partial charge in [-0.25, -0.2) is 13.8 Å². The molecular weight excluding hydrogens is 830 g/mol. The minimum atomic E-state index is -3.13. The largest absolute Gasteiger partial charge is 0.480 e. The Morgan fingerprint density at radius 1 is 0.952 bits per heavy atom. The van der Waals surface area contributed by atoms with E-state index in [4.69, 9.17) is 26.4 Å². The summed E-state index contributed by atoms with van der Waals surface area (Å²) in [5, 5.41) is 15.5. The molecule has 0 spiro atoms. The minimum absolute atomic E-state index is 0.0210. The summed E-state index contributed by atoms with van der Waals surface area (Å²) in [6.45, 7) is 8.42. The number of rotatable bonds is 8. The number of fused-ring (bicyclic) bond motifs is 4. The van der Waals surface area contributed by atoms with Gasteiger partial charge in [-0.05, 0) is 105 Å². The number of alkyl halides is 2. The first-order chi connectivity index (χ1) is 30.1. The number of hydrogen-bond acceptors (Lipinski definition) is 11. The van der Waals surface area contributed by atoms with E-state index in [0.717, 1.165) is 68.6 Å². The zero-order valence-electron chi connectivity index (χ0n) is 36.0. The first kappa shape index (κ1) is 41.6. The predicted octanol–water partition coefficient (Wildman–Crippen LogP) is 7.08. The lowest BCUT2D eigenvalue weighted by Crippen LogP contribution is -2.50. The standard InChI is InChI=1S/C46H53ClF2N10O4/c1-45(2)23-59(18-15-28(45)22-58-16-13-25(14-17-58)27-7-9-30-35(19-27)57(4)55-37(30)31-10-12-36(60)52-42(31)61)44-50-21-33(47)41(54-44)51-29-8-11-34-32(20-29)38-39(43(62)56(34)3)63-24-46(48,49)40(53-38)26-5-6-26/h7-9,11,19-21,25-26,28,31,40,53H,5-6,10,12-18,22-24H2,1-4H3,(H,50,51,54)(H,52,60,61)/t28-,31?,40-/m0/s1. The summed E-state index contributed by atoms with van der Waals surface area (Å²) in [6, 6.07) is 10.8. The number of pyridine rings is 1. The van der Waals surface area contributed by atoms with E-state index in [1.165, 1.54) is 10.1 Å². The molecule has 3 N–H and O–H groups in total. The van der Waals surface area contributed by atoms with Crippen LogP contribution in [0.15, 0.2) is 47.4 Å². The molecule has 2 amide bonds. The van der Waals surface area contributed by atoms with Crippen molar-refractivity contribution in [2.45, 2.75) is 82.6 Å². The number of nitrogens with zero attached hydrogens (tertiary/aromatic N) is 7. The SMILES string of the molecule is Cn1nc(C2CCC(=O)NC2=O)c2ccc(C3CCN(C[C@@H]4CCN(c5ncc(Cl)c(Nc6ccc7c(c6)c6c(c(=O)n7C)OCC(F)(F)[C@H](C7CC7)N6)n5)CC4(C)C)CC3)cc21. The molecule has 4 fully saturated rings. The number of imide groups is 1. The number of likely N-dealkylation sites (tertiary alicyclic amines) is 1. The molecule has 0 radical (unpaired) electrons. The van der Waals surface area contributed by atoms with Crippen LogP contribution in [0.5, 0.6) is 5.75 Å². The molecule has 63 heavy (non-hydrogen) atoms. The van der Waals surface area contributed by atoms with Crippen LogP contribution < -0.4 is 31.1 Å². The number of carbonyl (C=O) groups is 2. The van der Waals surface area contributed by atoms with Crippen molar-refractivity contribution in [2.75, 3.05) is 54.9 Å². The molecule has 332 valence electrons. The Labute approximate surface area is 368 Å². The summed E-state index contributed by atoms with van der Waals surface area (Å²) in [5.74, 6) is -2.41. The van der Waals surface area contributed by atoms with E-state index in [9.17, 15) is 14.4 Å². The number of halogens is 3. The molecule has 0 bridgehead atoms. The summed E-state index contributed by atoms with van der Waals surface area (Å²) in [7, 11) is 3.53. The van der Waals surface area contributed by atoms with E-state index >= 15 is 8.78 Å². The van der Waals surface area contributed by atoms with Gasteiger partial charge in [-0.15, -0.1) is 0 Å². The minimum Gasteiger partial charge on any atom is -0.480 e. The Balaban J connectivity index is 0.791. The Morgan fingerprint density at radius 2 is 1.75 bits per heavy atom. The molecule has 3 aromatic heterocycles. The van der Waals surface area contributed by atoms with Gasteiger partial charge in [-0.2, -0.15) is 10.1 Å². The Kier molecular flexibility index (Phi) is 10.4. The average Bonchev–Trinajstić information content (AvgIpc) is 4.06. The van der Waals surface area contributed by atoms with Gasteiger partial charge in [0, 0.05) is 56.6 Å². The molecule has 14 nitrogen and oxygen atoms in total. The zero-order valence-corrected chi connectivity index (χ0v) is 36.8.